The van der Waals surface area contributed by atoms with Gasteiger partial charge in [-0.1, -0.05) is 18.2 Å². The maximum absolute atomic E-state index is 13.0. The van der Waals surface area contributed by atoms with Crippen LogP contribution in [0.3, 0.4) is 0 Å². The number of carbonyl (C=O) groups excluding carboxylic acids is 4. The summed E-state index contributed by atoms with van der Waals surface area (Å²) in [6.45, 7) is 0.0667. The summed E-state index contributed by atoms with van der Waals surface area (Å²) in [4.78, 5) is 55.1. The summed E-state index contributed by atoms with van der Waals surface area (Å²) in [5.41, 5.74) is 3.04. The second-order valence-electron chi connectivity index (χ2n) is 9.50. The Kier molecular flexibility index (Phi) is 8.11. The quantitative estimate of drug-likeness (QED) is 0.163. The molecule has 2 N–H and O–H groups in total. The molecule has 0 saturated carbocycles. The second-order valence-corrected chi connectivity index (χ2v) is 9.50. The molecule has 1 aliphatic rings. The SMILES string of the molecule is COc1ccc(C(=O)COC(=O)c2ccc(N3C(=O)CC(NCCc4c[nH]c5ccccc45)C3=O)cc2)cc1OC. The number of hydrogen-bond acceptors (Lipinski definition) is 8. The number of nitrogens with zero attached hydrogens (tertiary/aromatic N) is 1. The lowest BCUT2D eigenvalue weighted by molar-refractivity contribution is -0.121. The molecule has 0 radical (unpaired) electrons. The molecule has 1 atom stereocenters. The molecule has 4 aromatic rings. The van der Waals surface area contributed by atoms with Crippen LogP contribution < -0.4 is 19.7 Å². The van der Waals surface area contributed by atoms with Crippen LogP contribution in [-0.4, -0.2) is 62.0 Å². The zero-order valence-electron chi connectivity index (χ0n) is 22.6. The minimum absolute atomic E-state index is 0.0504. The average molecular weight is 556 g/mol. The van der Waals surface area contributed by atoms with Crippen LogP contribution >= 0.6 is 0 Å². The van der Waals surface area contributed by atoms with Gasteiger partial charge in [0.15, 0.2) is 23.9 Å². The van der Waals surface area contributed by atoms with Gasteiger partial charge in [-0.3, -0.25) is 14.4 Å². The Morgan fingerprint density at radius 3 is 2.44 bits per heavy atom. The van der Waals surface area contributed by atoms with Crippen LogP contribution in [0.4, 0.5) is 5.69 Å². The van der Waals surface area contributed by atoms with E-state index in [0.717, 1.165) is 21.4 Å². The van der Waals surface area contributed by atoms with Gasteiger partial charge in [0.2, 0.25) is 5.91 Å². The Labute approximate surface area is 236 Å². The third kappa shape index (κ3) is 5.82. The highest BCUT2D eigenvalue weighted by Gasteiger charge is 2.39. The fourth-order valence-electron chi connectivity index (χ4n) is 4.84. The molecule has 41 heavy (non-hydrogen) atoms. The Bertz CT molecular complexity index is 1610. The smallest absolute Gasteiger partial charge is 0.338 e. The zero-order valence-corrected chi connectivity index (χ0v) is 22.6. The number of hydrogen-bond donors (Lipinski definition) is 2. The van der Waals surface area contributed by atoms with Crippen molar-refractivity contribution in [3.63, 3.8) is 0 Å². The number of amides is 2. The molecule has 0 spiro atoms. The number of anilines is 1. The molecule has 1 aliphatic heterocycles. The van der Waals surface area contributed by atoms with Gasteiger partial charge in [0, 0.05) is 29.2 Å². The number of imide groups is 1. The average Bonchev–Trinajstić information content (AvgIpc) is 3.54. The van der Waals surface area contributed by atoms with Gasteiger partial charge < -0.3 is 24.5 Å². The van der Waals surface area contributed by atoms with Gasteiger partial charge in [0.1, 0.15) is 0 Å². The van der Waals surface area contributed by atoms with Crippen molar-refractivity contribution in [1.29, 1.82) is 0 Å². The number of aromatic amines is 1. The molecule has 1 aromatic heterocycles. The number of fused-ring (bicyclic) bond motifs is 1. The molecular formula is C31H29N3O7. The number of methoxy groups -OCH3 is 2. The first-order valence-corrected chi connectivity index (χ1v) is 13.1. The summed E-state index contributed by atoms with van der Waals surface area (Å²) in [7, 11) is 2.95. The third-order valence-electron chi connectivity index (χ3n) is 7.01. The third-order valence-corrected chi connectivity index (χ3v) is 7.01. The van der Waals surface area contributed by atoms with Crippen LogP contribution in [0.2, 0.25) is 0 Å². The van der Waals surface area contributed by atoms with Crippen LogP contribution in [0.5, 0.6) is 11.5 Å². The minimum Gasteiger partial charge on any atom is -0.493 e. The van der Waals surface area contributed by atoms with E-state index in [0.29, 0.717) is 35.7 Å². The molecule has 2 amide bonds. The molecule has 1 fully saturated rings. The predicted molar refractivity (Wildman–Crippen MR) is 152 cm³/mol. The van der Waals surface area contributed by atoms with Crippen LogP contribution in [-0.2, 0) is 20.7 Å². The van der Waals surface area contributed by atoms with E-state index in [1.54, 1.807) is 12.1 Å². The number of carbonyl (C=O) groups is 4. The van der Waals surface area contributed by atoms with Crippen LogP contribution in [0.25, 0.3) is 10.9 Å². The predicted octanol–water partition coefficient (Wildman–Crippen LogP) is 3.69. The summed E-state index contributed by atoms with van der Waals surface area (Å²) in [6.07, 6.45) is 2.71. The van der Waals surface area contributed by atoms with E-state index >= 15 is 0 Å². The van der Waals surface area contributed by atoms with Crippen LogP contribution in [0.15, 0.2) is 72.9 Å². The molecule has 10 heteroatoms. The topological polar surface area (TPSA) is 127 Å². The number of aromatic nitrogens is 1. The first-order valence-electron chi connectivity index (χ1n) is 13.1. The lowest BCUT2D eigenvalue weighted by Crippen LogP contribution is -2.39. The van der Waals surface area contributed by atoms with E-state index in [9.17, 15) is 19.2 Å². The Hall–Kier alpha value is -4.96. The van der Waals surface area contributed by atoms with Gasteiger partial charge in [-0.05, 0) is 60.5 Å². The first-order chi connectivity index (χ1) is 19.9. The monoisotopic (exact) mass is 555 g/mol. The number of esters is 1. The number of benzene rings is 3. The zero-order chi connectivity index (χ0) is 28.9. The van der Waals surface area contributed by atoms with E-state index in [1.807, 2.05) is 30.5 Å². The number of ketones is 1. The standard InChI is InChI=1S/C31H29N3O7/c1-39-27-12-9-20(15-28(27)40-2)26(35)18-41-31(38)19-7-10-22(11-8-19)34-29(36)16-25(30(34)37)32-14-13-21-17-33-24-6-4-3-5-23(21)24/h3-12,15,17,25,32-33H,13-14,16,18H2,1-2H3. The molecular weight excluding hydrogens is 526 g/mol. The van der Waals surface area contributed by atoms with Gasteiger partial charge in [0.05, 0.1) is 37.9 Å². The van der Waals surface area contributed by atoms with E-state index < -0.39 is 24.4 Å². The van der Waals surface area contributed by atoms with Crippen molar-refractivity contribution in [2.45, 2.75) is 18.9 Å². The lowest BCUT2D eigenvalue weighted by Gasteiger charge is -2.16. The van der Waals surface area contributed by atoms with E-state index in [4.69, 9.17) is 14.2 Å². The number of Topliss-reactive ketones (excluding diaryl/α,β-unsaturated/α-hetero) is 1. The van der Waals surface area contributed by atoms with Gasteiger partial charge in [-0.15, -0.1) is 0 Å². The molecule has 2 heterocycles. The van der Waals surface area contributed by atoms with Crippen LogP contribution in [0, 0.1) is 0 Å². The van der Waals surface area contributed by atoms with Crippen molar-refractivity contribution in [2.24, 2.45) is 0 Å². The Morgan fingerprint density at radius 2 is 1.68 bits per heavy atom. The molecule has 10 nitrogen and oxygen atoms in total. The molecule has 5 rings (SSSR count). The highest BCUT2D eigenvalue weighted by atomic mass is 16.5. The van der Waals surface area contributed by atoms with Crippen molar-refractivity contribution in [3.05, 3.63) is 89.6 Å². The maximum atomic E-state index is 13.0. The summed E-state index contributed by atoms with van der Waals surface area (Å²) in [5.74, 6) is -0.921. The molecule has 210 valence electrons. The van der Waals surface area contributed by atoms with Crippen LogP contribution in [0.1, 0.15) is 32.7 Å². The normalized spacial score (nSPS) is 14.9. The maximum Gasteiger partial charge on any atom is 0.338 e. The number of H-pyrrole nitrogens is 1. The summed E-state index contributed by atoms with van der Waals surface area (Å²) < 4.78 is 15.5. The highest BCUT2D eigenvalue weighted by molar-refractivity contribution is 6.22. The molecule has 0 bridgehead atoms. The molecule has 1 saturated heterocycles. The Balaban J connectivity index is 1.15. The van der Waals surface area contributed by atoms with E-state index in [-0.39, 0.29) is 23.8 Å². The molecule has 1 unspecified atom stereocenters. The summed E-state index contributed by atoms with van der Waals surface area (Å²) in [6, 6.07) is 18.0. The Morgan fingerprint density at radius 1 is 0.951 bits per heavy atom. The molecule has 3 aromatic carbocycles. The fourth-order valence-corrected chi connectivity index (χ4v) is 4.84. The largest absolute Gasteiger partial charge is 0.493 e. The first kappa shape index (κ1) is 27.6. The van der Waals surface area contributed by atoms with Crippen molar-refractivity contribution >= 4 is 40.2 Å². The van der Waals surface area contributed by atoms with Crippen molar-refractivity contribution < 1.29 is 33.4 Å². The van der Waals surface area contributed by atoms with Crippen molar-refractivity contribution in [1.82, 2.24) is 10.3 Å². The molecule has 0 aliphatic carbocycles. The van der Waals surface area contributed by atoms with Gasteiger partial charge in [-0.25, -0.2) is 9.69 Å². The number of ether oxygens (including phenoxy) is 3. The highest BCUT2D eigenvalue weighted by Crippen LogP contribution is 2.28. The number of para-hydroxylation sites is 1. The van der Waals surface area contributed by atoms with Crippen molar-refractivity contribution in [2.75, 3.05) is 32.3 Å². The number of nitrogens with one attached hydrogen (secondary N) is 2. The second kappa shape index (κ2) is 12.1. The minimum atomic E-state index is -0.707. The van der Waals surface area contributed by atoms with Gasteiger partial charge >= 0.3 is 5.97 Å². The summed E-state index contributed by atoms with van der Waals surface area (Å²) >= 11 is 0. The number of rotatable bonds is 11. The lowest BCUT2D eigenvalue weighted by atomic mass is 10.1. The van der Waals surface area contributed by atoms with E-state index in [1.165, 1.54) is 44.6 Å². The van der Waals surface area contributed by atoms with Crippen molar-refractivity contribution in [3.8, 4) is 11.5 Å². The summed E-state index contributed by atoms with van der Waals surface area (Å²) in [5, 5.41) is 4.33. The van der Waals surface area contributed by atoms with Gasteiger partial charge in [0.25, 0.3) is 5.91 Å². The van der Waals surface area contributed by atoms with Gasteiger partial charge in [-0.2, -0.15) is 0 Å². The van der Waals surface area contributed by atoms with E-state index in [2.05, 4.69) is 10.3 Å². The fraction of sp³-hybridized carbons (Fsp3) is 0.226.